The molecule has 1 rings (SSSR count). The zero-order valence-corrected chi connectivity index (χ0v) is 9.83. The van der Waals surface area contributed by atoms with Crippen LogP contribution in [0.5, 0.6) is 0 Å². The van der Waals surface area contributed by atoms with Crippen LogP contribution in [-0.2, 0) is 0 Å². The van der Waals surface area contributed by atoms with Crippen LogP contribution in [0.25, 0.3) is 0 Å². The minimum atomic E-state index is -0.124. The molecule has 4 nitrogen and oxygen atoms in total. The minimum Gasteiger partial charge on any atom is -0.363 e. The largest absolute Gasteiger partial charge is 0.363 e. The summed E-state index contributed by atoms with van der Waals surface area (Å²) in [5.41, 5.74) is 6.09. The summed E-state index contributed by atoms with van der Waals surface area (Å²) >= 11 is 0. The van der Waals surface area contributed by atoms with Crippen molar-refractivity contribution in [1.82, 2.24) is 4.98 Å². The van der Waals surface area contributed by atoms with Crippen molar-refractivity contribution in [3.63, 3.8) is 0 Å². The van der Waals surface area contributed by atoms with Crippen molar-refractivity contribution in [1.29, 1.82) is 5.26 Å². The van der Waals surface area contributed by atoms with E-state index in [2.05, 4.69) is 24.1 Å². The summed E-state index contributed by atoms with van der Waals surface area (Å²) in [4.78, 5) is 4.19. The van der Waals surface area contributed by atoms with Gasteiger partial charge in [0.15, 0.2) is 0 Å². The van der Waals surface area contributed by atoms with Gasteiger partial charge in [-0.15, -0.1) is 0 Å². The lowest BCUT2D eigenvalue weighted by molar-refractivity contribution is 0.444. The van der Waals surface area contributed by atoms with Gasteiger partial charge in [0, 0.05) is 6.54 Å². The molecule has 0 amide bonds. The van der Waals surface area contributed by atoms with Crippen LogP contribution in [0.2, 0.25) is 0 Å². The summed E-state index contributed by atoms with van der Waals surface area (Å²) in [7, 11) is 0. The molecule has 0 atom stereocenters. The molecule has 3 N–H and O–H groups in total. The zero-order valence-electron chi connectivity index (χ0n) is 9.83. The van der Waals surface area contributed by atoms with Gasteiger partial charge in [0.2, 0.25) is 0 Å². The van der Waals surface area contributed by atoms with Crippen LogP contribution < -0.4 is 11.1 Å². The highest BCUT2D eigenvalue weighted by atomic mass is 15.1. The molecule has 0 spiro atoms. The highest BCUT2D eigenvalue weighted by Gasteiger charge is 2.24. The molecule has 0 unspecified atom stereocenters. The van der Waals surface area contributed by atoms with Gasteiger partial charge in [-0.05, 0) is 25.0 Å². The second-order valence-electron chi connectivity index (χ2n) is 3.84. The van der Waals surface area contributed by atoms with Gasteiger partial charge >= 0.3 is 0 Å². The number of nitrogens with two attached hydrogens (primary N) is 1. The summed E-state index contributed by atoms with van der Waals surface area (Å²) in [5.74, 6) is 0.716. The number of hydrogen-bond donors (Lipinski definition) is 2. The highest BCUT2D eigenvalue weighted by molar-refractivity contribution is 5.41. The van der Waals surface area contributed by atoms with E-state index in [-0.39, 0.29) is 5.54 Å². The number of pyridine rings is 1. The van der Waals surface area contributed by atoms with Crippen molar-refractivity contribution in [2.75, 3.05) is 11.9 Å². The number of nitriles is 1. The lowest BCUT2D eigenvalue weighted by atomic mass is 9.93. The maximum Gasteiger partial charge on any atom is 0.142 e. The molecule has 1 heterocycles. The molecular weight excluding hydrogens is 200 g/mol. The zero-order chi connectivity index (χ0) is 12.0. The van der Waals surface area contributed by atoms with E-state index in [0.717, 1.165) is 12.8 Å². The van der Waals surface area contributed by atoms with Crippen LogP contribution in [0.3, 0.4) is 0 Å². The van der Waals surface area contributed by atoms with Crippen LogP contribution in [0.4, 0.5) is 5.82 Å². The Kier molecular flexibility index (Phi) is 4.27. The van der Waals surface area contributed by atoms with Gasteiger partial charge < -0.3 is 11.1 Å². The molecule has 0 fully saturated rings. The summed E-state index contributed by atoms with van der Waals surface area (Å²) in [6, 6.07) is 7.39. The van der Waals surface area contributed by atoms with Gasteiger partial charge in [-0.2, -0.15) is 5.26 Å². The maximum atomic E-state index is 8.77. The second kappa shape index (κ2) is 5.47. The van der Waals surface area contributed by atoms with E-state index in [1.807, 2.05) is 18.2 Å². The smallest absolute Gasteiger partial charge is 0.142 e. The normalized spacial score (nSPS) is 10.9. The van der Waals surface area contributed by atoms with E-state index in [1.165, 1.54) is 0 Å². The van der Waals surface area contributed by atoms with Crippen LogP contribution in [0, 0.1) is 11.3 Å². The fourth-order valence-corrected chi connectivity index (χ4v) is 1.60. The molecule has 0 aliphatic heterocycles. The number of hydrogen-bond acceptors (Lipinski definition) is 4. The Morgan fingerprint density at radius 1 is 1.44 bits per heavy atom. The first-order chi connectivity index (χ1) is 7.69. The third kappa shape index (κ3) is 2.71. The molecule has 0 saturated carbocycles. The number of nitrogens with zero attached hydrogens (tertiary/aromatic N) is 2. The standard InChI is InChI=1S/C12H18N4/c1-3-12(4-2,9-14)16-11-7-5-6-10(8-13)15-11/h5-7H,3-4,9,14H2,1-2H3,(H,15,16). The first-order valence-electron chi connectivity index (χ1n) is 5.55. The summed E-state index contributed by atoms with van der Waals surface area (Å²) in [6.45, 7) is 4.74. The maximum absolute atomic E-state index is 8.77. The predicted octanol–water partition coefficient (Wildman–Crippen LogP) is 1.88. The molecule has 0 aliphatic carbocycles. The van der Waals surface area contributed by atoms with Crippen molar-refractivity contribution in [2.45, 2.75) is 32.2 Å². The van der Waals surface area contributed by atoms with Gasteiger partial charge in [0.25, 0.3) is 0 Å². The average Bonchev–Trinajstić information content (AvgIpc) is 2.36. The van der Waals surface area contributed by atoms with Crippen LogP contribution in [-0.4, -0.2) is 17.1 Å². The fraction of sp³-hybridized carbons (Fsp3) is 0.500. The summed E-state index contributed by atoms with van der Waals surface area (Å²) in [6.07, 6.45) is 1.86. The Labute approximate surface area is 96.5 Å². The molecule has 86 valence electrons. The molecule has 0 bridgehead atoms. The fourth-order valence-electron chi connectivity index (χ4n) is 1.60. The molecule has 0 radical (unpaired) electrons. The molecule has 1 aromatic heterocycles. The van der Waals surface area contributed by atoms with Crippen molar-refractivity contribution in [2.24, 2.45) is 5.73 Å². The lowest BCUT2D eigenvalue weighted by Gasteiger charge is -2.32. The summed E-state index contributed by atoms with van der Waals surface area (Å²) < 4.78 is 0. The Morgan fingerprint density at radius 2 is 2.12 bits per heavy atom. The molecule has 0 saturated heterocycles. The van der Waals surface area contributed by atoms with E-state index >= 15 is 0 Å². The van der Waals surface area contributed by atoms with Gasteiger partial charge in [-0.1, -0.05) is 19.9 Å². The van der Waals surface area contributed by atoms with E-state index in [1.54, 1.807) is 6.07 Å². The SMILES string of the molecule is CCC(CC)(CN)Nc1cccc(C#N)n1. The van der Waals surface area contributed by atoms with Crippen LogP contribution in [0.1, 0.15) is 32.4 Å². The van der Waals surface area contributed by atoms with Gasteiger partial charge in [0.05, 0.1) is 5.54 Å². The quantitative estimate of drug-likeness (QED) is 0.791. The van der Waals surface area contributed by atoms with Crippen LogP contribution >= 0.6 is 0 Å². The van der Waals surface area contributed by atoms with Crippen molar-refractivity contribution in [3.05, 3.63) is 23.9 Å². The number of nitrogens with one attached hydrogen (secondary N) is 1. The number of rotatable bonds is 5. The van der Waals surface area contributed by atoms with Crippen molar-refractivity contribution < 1.29 is 0 Å². The molecule has 0 aliphatic rings. The Balaban J connectivity index is 2.90. The van der Waals surface area contributed by atoms with E-state index in [9.17, 15) is 0 Å². The number of aromatic nitrogens is 1. The molecule has 1 aromatic rings. The second-order valence-corrected chi connectivity index (χ2v) is 3.84. The number of anilines is 1. The molecule has 16 heavy (non-hydrogen) atoms. The predicted molar refractivity (Wildman–Crippen MR) is 64.9 cm³/mol. The van der Waals surface area contributed by atoms with Gasteiger partial charge in [-0.3, -0.25) is 0 Å². The van der Waals surface area contributed by atoms with E-state index in [0.29, 0.717) is 18.1 Å². The van der Waals surface area contributed by atoms with Crippen molar-refractivity contribution in [3.8, 4) is 6.07 Å². The monoisotopic (exact) mass is 218 g/mol. The minimum absolute atomic E-state index is 0.124. The Bertz CT molecular complexity index is 369. The molecule has 0 aromatic carbocycles. The van der Waals surface area contributed by atoms with Crippen LogP contribution in [0.15, 0.2) is 18.2 Å². The topological polar surface area (TPSA) is 74.7 Å². The molecular formula is C12H18N4. The first kappa shape index (κ1) is 12.5. The Hall–Kier alpha value is -1.60. The molecule has 4 heteroatoms. The van der Waals surface area contributed by atoms with E-state index < -0.39 is 0 Å². The Morgan fingerprint density at radius 3 is 2.62 bits per heavy atom. The third-order valence-electron chi connectivity index (χ3n) is 3.00. The van der Waals surface area contributed by atoms with Gasteiger partial charge in [0.1, 0.15) is 17.6 Å². The lowest BCUT2D eigenvalue weighted by Crippen LogP contribution is -2.44. The third-order valence-corrected chi connectivity index (χ3v) is 3.00. The van der Waals surface area contributed by atoms with Gasteiger partial charge in [-0.25, -0.2) is 4.98 Å². The first-order valence-corrected chi connectivity index (χ1v) is 5.55. The summed E-state index contributed by atoms with van der Waals surface area (Å²) in [5, 5.41) is 12.1. The average molecular weight is 218 g/mol. The van der Waals surface area contributed by atoms with E-state index in [4.69, 9.17) is 11.0 Å². The highest BCUT2D eigenvalue weighted by Crippen LogP contribution is 2.19. The van der Waals surface area contributed by atoms with Crippen molar-refractivity contribution >= 4 is 5.82 Å².